The molecule has 3 aromatic rings. The third-order valence-corrected chi connectivity index (χ3v) is 7.78. The fraction of sp³-hybridized carbons (Fsp3) is 0.292. The zero-order chi connectivity index (χ0) is 22.6. The number of carbonyl (C=O) groups excluding carboxylic acids is 1. The molecule has 1 amide bonds. The van der Waals surface area contributed by atoms with E-state index >= 15 is 0 Å². The predicted octanol–water partition coefficient (Wildman–Crippen LogP) is 4.84. The summed E-state index contributed by atoms with van der Waals surface area (Å²) in [5, 5.41) is 2.42. The Morgan fingerprint density at radius 2 is 1.69 bits per heavy atom. The Kier molecular flexibility index (Phi) is 6.50. The standard InChI is InChI=1S/C24H25NO6S/c1-29-21-8-4-5-9-22(21)30-16-18-12-15-23(31-18)24(26)25-17-10-13-20(14-11-17)32(27,28)19-6-2-3-7-19/h4-5,8-15,19H,2-3,6-7,16H2,1H3,(H,25,26). The second-order valence-corrected chi connectivity index (χ2v) is 9.86. The molecule has 1 aromatic heterocycles. The Morgan fingerprint density at radius 1 is 1.00 bits per heavy atom. The van der Waals surface area contributed by atoms with E-state index in [2.05, 4.69) is 5.32 Å². The fourth-order valence-corrected chi connectivity index (χ4v) is 5.63. The van der Waals surface area contributed by atoms with Gasteiger partial charge in [0.05, 0.1) is 17.3 Å². The maximum atomic E-state index is 12.7. The molecule has 0 bridgehead atoms. The minimum Gasteiger partial charge on any atom is -0.493 e. The number of furan rings is 1. The monoisotopic (exact) mass is 455 g/mol. The first-order valence-corrected chi connectivity index (χ1v) is 12.0. The van der Waals surface area contributed by atoms with Crippen molar-refractivity contribution in [1.29, 1.82) is 0 Å². The molecule has 168 valence electrons. The van der Waals surface area contributed by atoms with Crippen LogP contribution in [-0.4, -0.2) is 26.7 Å². The number of carbonyl (C=O) groups is 1. The van der Waals surface area contributed by atoms with E-state index in [4.69, 9.17) is 13.9 Å². The van der Waals surface area contributed by atoms with Crippen LogP contribution in [0.1, 0.15) is 42.0 Å². The zero-order valence-electron chi connectivity index (χ0n) is 17.7. The van der Waals surface area contributed by atoms with E-state index < -0.39 is 15.7 Å². The third-order valence-electron chi connectivity index (χ3n) is 5.51. The number of ether oxygens (including phenoxy) is 2. The molecule has 1 aliphatic carbocycles. The van der Waals surface area contributed by atoms with Crippen molar-refractivity contribution in [3.8, 4) is 11.5 Å². The van der Waals surface area contributed by atoms with Crippen molar-refractivity contribution in [3.63, 3.8) is 0 Å². The smallest absolute Gasteiger partial charge is 0.291 e. The molecule has 1 aliphatic rings. The van der Waals surface area contributed by atoms with Crippen LogP contribution in [0.3, 0.4) is 0 Å². The Labute approximate surface area is 187 Å². The number of amides is 1. The average molecular weight is 456 g/mol. The van der Waals surface area contributed by atoms with Crippen LogP contribution in [0.5, 0.6) is 11.5 Å². The van der Waals surface area contributed by atoms with Gasteiger partial charge in [-0.2, -0.15) is 0 Å². The van der Waals surface area contributed by atoms with Gasteiger partial charge in [0.25, 0.3) is 5.91 Å². The van der Waals surface area contributed by atoms with Crippen LogP contribution in [0.25, 0.3) is 0 Å². The SMILES string of the molecule is COc1ccccc1OCc1ccc(C(=O)Nc2ccc(S(=O)(=O)C3CCCC3)cc2)o1. The van der Waals surface area contributed by atoms with Crippen molar-refractivity contribution in [3.05, 3.63) is 72.2 Å². The summed E-state index contributed by atoms with van der Waals surface area (Å²) in [6, 6.07) is 16.8. The van der Waals surface area contributed by atoms with Crippen LogP contribution in [0.15, 0.2) is 70.0 Å². The van der Waals surface area contributed by atoms with Gasteiger partial charge in [0.1, 0.15) is 12.4 Å². The van der Waals surface area contributed by atoms with Gasteiger partial charge in [0.2, 0.25) is 0 Å². The molecule has 0 saturated heterocycles. The molecule has 7 nitrogen and oxygen atoms in total. The number of anilines is 1. The quantitative estimate of drug-likeness (QED) is 0.522. The molecular formula is C24H25NO6S. The van der Waals surface area contributed by atoms with E-state index in [0.29, 0.717) is 35.8 Å². The minimum absolute atomic E-state index is 0.131. The molecule has 1 saturated carbocycles. The lowest BCUT2D eigenvalue weighted by Gasteiger charge is -2.11. The van der Waals surface area contributed by atoms with E-state index in [1.807, 2.05) is 12.1 Å². The lowest BCUT2D eigenvalue weighted by Crippen LogP contribution is -2.18. The van der Waals surface area contributed by atoms with Crippen molar-refractivity contribution in [1.82, 2.24) is 0 Å². The van der Waals surface area contributed by atoms with E-state index in [1.165, 1.54) is 12.1 Å². The summed E-state index contributed by atoms with van der Waals surface area (Å²) in [5.74, 6) is 1.37. The second kappa shape index (κ2) is 9.48. The molecule has 1 heterocycles. The van der Waals surface area contributed by atoms with Gasteiger partial charge in [-0.3, -0.25) is 4.79 Å². The molecular weight excluding hydrogens is 430 g/mol. The summed E-state index contributed by atoms with van der Waals surface area (Å²) in [7, 11) is -1.76. The summed E-state index contributed by atoms with van der Waals surface area (Å²) in [5.41, 5.74) is 0.489. The molecule has 1 fully saturated rings. The number of rotatable bonds is 8. The van der Waals surface area contributed by atoms with Gasteiger partial charge in [0, 0.05) is 5.69 Å². The summed E-state index contributed by atoms with van der Waals surface area (Å²) in [6.07, 6.45) is 3.32. The summed E-state index contributed by atoms with van der Waals surface area (Å²) >= 11 is 0. The van der Waals surface area contributed by atoms with Gasteiger partial charge >= 0.3 is 0 Å². The number of hydrogen-bond donors (Lipinski definition) is 1. The van der Waals surface area contributed by atoms with Crippen molar-refractivity contribution in [2.24, 2.45) is 0 Å². The van der Waals surface area contributed by atoms with Gasteiger partial charge in [-0.05, 0) is 61.4 Å². The van der Waals surface area contributed by atoms with Crippen molar-refractivity contribution >= 4 is 21.4 Å². The van der Waals surface area contributed by atoms with Crippen molar-refractivity contribution < 1.29 is 27.1 Å². The van der Waals surface area contributed by atoms with Gasteiger partial charge in [-0.25, -0.2) is 8.42 Å². The van der Waals surface area contributed by atoms with E-state index in [1.54, 1.807) is 43.5 Å². The molecule has 4 rings (SSSR count). The van der Waals surface area contributed by atoms with Crippen LogP contribution in [0.4, 0.5) is 5.69 Å². The van der Waals surface area contributed by atoms with Crippen LogP contribution < -0.4 is 14.8 Å². The normalized spacial score (nSPS) is 14.3. The maximum Gasteiger partial charge on any atom is 0.291 e. The van der Waals surface area contributed by atoms with Crippen LogP contribution >= 0.6 is 0 Å². The molecule has 1 N–H and O–H groups in total. The largest absolute Gasteiger partial charge is 0.493 e. The number of benzene rings is 2. The highest BCUT2D eigenvalue weighted by Crippen LogP contribution is 2.30. The average Bonchev–Trinajstić information content (AvgIpc) is 3.51. The van der Waals surface area contributed by atoms with E-state index in [9.17, 15) is 13.2 Å². The van der Waals surface area contributed by atoms with Crippen molar-refractivity contribution in [2.45, 2.75) is 42.4 Å². The third kappa shape index (κ3) is 4.80. The molecule has 0 unspecified atom stereocenters. The summed E-state index contributed by atoms with van der Waals surface area (Å²) in [6.45, 7) is 0.140. The molecule has 2 aromatic carbocycles. The summed E-state index contributed by atoms with van der Waals surface area (Å²) in [4.78, 5) is 12.8. The first-order chi connectivity index (χ1) is 15.5. The number of hydrogen-bond acceptors (Lipinski definition) is 6. The highest BCUT2D eigenvalue weighted by atomic mass is 32.2. The van der Waals surface area contributed by atoms with Crippen molar-refractivity contribution in [2.75, 3.05) is 12.4 Å². The Morgan fingerprint density at radius 3 is 2.38 bits per heavy atom. The zero-order valence-corrected chi connectivity index (χ0v) is 18.6. The van der Waals surface area contributed by atoms with E-state index in [-0.39, 0.29) is 22.5 Å². The van der Waals surface area contributed by atoms with Gasteiger partial charge in [-0.15, -0.1) is 0 Å². The van der Waals surface area contributed by atoms with Gasteiger partial charge in [-0.1, -0.05) is 25.0 Å². The molecule has 32 heavy (non-hydrogen) atoms. The second-order valence-electron chi connectivity index (χ2n) is 7.64. The Bertz CT molecular complexity index is 1180. The minimum atomic E-state index is -3.32. The molecule has 0 radical (unpaired) electrons. The molecule has 0 atom stereocenters. The van der Waals surface area contributed by atoms with E-state index in [0.717, 1.165) is 12.8 Å². The number of methoxy groups -OCH3 is 1. The van der Waals surface area contributed by atoms with Crippen LogP contribution in [0, 0.1) is 0 Å². The highest BCUT2D eigenvalue weighted by Gasteiger charge is 2.30. The molecule has 0 aliphatic heterocycles. The Hall–Kier alpha value is -3.26. The van der Waals surface area contributed by atoms with Gasteiger partial charge < -0.3 is 19.2 Å². The first kappa shape index (κ1) is 22.0. The topological polar surface area (TPSA) is 94.8 Å². The number of para-hydroxylation sites is 2. The molecule has 0 spiro atoms. The van der Waals surface area contributed by atoms with Crippen LogP contribution in [-0.2, 0) is 16.4 Å². The predicted molar refractivity (Wildman–Crippen MR) is 120 cm³/mol. The fourth-order valence-electron chi connectivity index (χ4n) is 3.78. The number of sulfone groups is 1. The van der Waals surface area contributed by atoms with Crippen LogP contribution in [0.2, 0.25) is 0 Å². The lowest BCUT2D eigenvalue weighted by molar-refractivity contribution is 0.0992. The van der Waals surface area contributed by atoms with Gasteiger partial charge in [0.15, 0.2) is 27.1 Å². The Balaban J connectivity index is 1.37. The first-order valence-electron chi connectivity index (χ1n) is 10.5. The highest BCUT2D eigenvalue weighted by molar-refractivity contribution is 7.92. The maximum absolute atomic E-state index is 12.7. The molecule has 8 heteroatoms. The summed E-state index contributed by atoms with van der Waals surface area (Å²) < 4.78 is 41.9. The number of nitrogens with one attached hydrogen (secondary N) is 1. The lowest BCUT2D eigenvalue weighted by atomic mass is 10.3.